The summed E-state index contributed by atoms with van der Waals surface area (Å²) in [6.07, 6.45) is 1.88. The third-order valence-electron chi connectivity index (χ3n) is 4.78. The predicted molar refractivity (Wildman–Crippen MR) is 128 cm³/mol. The van der Waals surface area contributed by atoms with Crippen LogP contribution in [0.3, 0.4) is 0 Å². The molecule has 5 nitrogen and oxygen atoms in total. The summed E-state index contributed by atoms with van der Waals surface area (Å²) >= 11 is 1.79. The molecule has 1 aromatic carbocycles. The van der Waals surface area contributed by atoms with Gasteiger partial charge in [0.1, 0.15) is 0 Å². The van der Waals surface area contributed by atoms with Gasteiger partial charge in [-0.15, -0.1) is 35.3 Å². The lowest BCUT2D eigenvalue weighted by atomic mass is 10.1. The number of carbonyl (C=O) groups is 1. The first-order valence-electron chi connectivity index (χ1n) is 9.40. The van der Waals surface area contributed by atoms with Crippen LogP contribution in [0.25, 0.3) is 0 Å². The van der Waals surface area contributed by atoms with Gasteiger partial charge in [0.2, 0.25) is 5.91 Å². The second-order valence-electron chi connectivity index (χ2n) is 7.03. The number of halogens is 1. The Kier molecular flexibility index (Phi) is 8.75. The van der Waals surface area contributed by atoms with Crippen LogP contribution in [0.1, 0.15) is 27.1 Å². The van der Waals surface area contributed by atoms with E-state index in [9.17, 15) is 4.79 Å². The van der Waals surface area contributed by atoms with E-state index in [2.05, 4.69) is 59.1 Å². The number of benzene rings is 1. The Balaban J connectivity index is 0.00000280. The molecule has 0 saturated carbocycles. The minimum Gasteiger partial charge on any atom is -0.356 e. The van der Waals surface area contributed by atoms with E-state index in [4.69, 9.17) is 0 Å². The molecule has 0 bridgehead atoms. The van der Waals surface area contributed by atoms with Crippen LogP contribution in [0, 0.1) is 13.8 Å². The number of nitrogens with zero attached hydrogens (tertiary/aromatic N) is 2. The molecule has 1 aromatic heterocycles. The summed E-state index contributed by atoms with van der Waals surface area (Å²) in [5, 5.41) is 8.55. The lowest BCUT2D eigenvalue weighted by molar-refractivity contribution is -0.130. The first-order valence-corrected chi connectivity index (χ1v) is 10.3. The fourth-order valence-corrected chi connectivity index (χ4v) is 4.38. The third-order valence-corrected chi connectivity index (χ3v) is 5.80. The molecule has 0 spiro atoms. The highest BCUT2D eigenvalue weighted by Gasteiger charge is 2.21. The molecule has 1 amide bonds. The molecule has 0 radical (unpaired) electrons. The summed E-state index contributed by atoms with van der Waals surface area (Å²) in [5.74, 6) is 0.782. The highest BCUT2D eigenvalue weighted by Crippen LogP contribution is 2.23. The summed E-state index contributed by atoms with van der Waals surface area (Å²) in [6.45, 7) is 6.80. The van der Waals surface area contributed by atoms with Crippen molar-refractivity contribution < 1.29 is 4.79 Å². The van der Waals surface area contributed by atoms with Crippen LogP contribution in [0.2, 0.25) is 0 Å². The van der Waals surface area contributed by atoms with Gasteiger partial charge in [-0.05, 0) is 49.3 Å². The highest BCUT2D eigenvalue weighted by molar-refractivity contribution is 14.0. The van der Waals surface area contributed by atoms with Crippen molar-refractivity contribution in [2.75, 3.05) is 26.7 Å². The molecular formula is C21H29IN4OS. The molecule has 0 fully saturated rings. The first kappa shape index (κ1) is 22.7. The van der Waals surface area contributed by atoms with Gasteiger partial charge < -0.3 is 15.5 Å². The van der Waals surface area contributed by atoms with E-state index in [1.165, 1.54) is 27.1 Å². The van der Waals surface area contributed by atoms with E-state index in [1.54, 1.807) is 18.4 Å². The summed E-state index contributed by atoms with van der Waals surface area (Å²) < 4.78 is 0. The summed E-state index contributed by atoms with van der Waals surface area (Å²) in [6, 6.07) is 8.73. The molecule has 0 saturated heterocycles. The number of aryl methyl sites for hydroxylation is 2. The van der Waals surface area contributed by atoms with Crippen molar-refractivity contribution in [3.05, 3.63) is 56.8 Å². The zero-order chi connectivity index (χ0) is 19.2. The Morgan fingerprint density at radius 2 is 1.96 bits per heavy atom. The van der Waals surface area contributed by atoms with Crippen molar-refractivity contribution in [3.8, 4) is 0 Å². The van der Waals surface area contributed by atoms with Crippen LogP contribution in [0.4, 0.5) is 0 Å². The van der Waals surface area contributed by atoms with E-state index in [-0.39, 0.29) is 36.4 Å². The average molecular weight is 512 g/mol. The van der Waals surface area contributed by atoms with Crippen LogP contribution in [-0.2, 0) is 24.2 Å². The normalized spacial score (nSPS) is 13.5. The number of rotatable bonds is 5. The largest absolute Gasteiger partial charge is 0.356 e. The molecule has 28 heavy (non-hydrogen) atoms. The predicted octanol–water partition coefficient (Wildman–Crippen LogP) is 3.28. The topological polar surface area (TPSA) is 56.7 Å². The minimum absolute atomic E-state index is 0. The maximum absolute atomic E-state index is 12.5. The zero-order valence-electron chi connectivity index (χ0n) is 16.7. The van der Waals surface area contributed by atoms with Gasteiger partial charge in [0, 0.05) is 31.6 Å². The minimum atomic E-state index is 0. The molecule has 152 valence electrons. The number of carbonyl (C=O) groups excluding carboxylic acids is 1. The number of thiophene rings is 1. The van der Waals surface area contributed by atoms with Crippen LogP contribution >= 0.6 is 35.3 Å². The summed E-state index contributed by atoms with van der Waals surface area (Å²) in [4.78, 5) is 20.1. The van der Waals surface area contributed by atoms with Crippen molar-refractivity contribution in [3.63, 3.8) is 0 Å². The van der Waals surface area contributed by atoms with Gasteiger partial charge >= 0.3 is 0 Å². The van der Waals surface area contributed by atoms with Crippen LogP contribution in [0.15, 0.2) is 34.6 Å². The maximum Gasteiger partial charge on any atom is 0.242 e. The fraction of sp³-hybridized carbons (Fsp3) is 0.429. The monoisotopic (exact) mass is 512 g/mol. The molecular weight excluding hydrogens is 483 g/mol. The van der Waals surface area contributed by atoms with E-state index in [1.807, 2.05) is 4.90 Å². The number of nitrogens with one attached hydrogen (secondary N) is 2. The fourth-order valence-electron chi connectivity index (χ4n) is 3.49. The Morgan fingerprint density at radius 3 is 2.68 bits per heavy atom. The van der Waals surface area contributed by atoms with Crippen LogP contribution < -0.4 is 10.6 Å². The van der Waals surface area contributed by atoms with Crippen LogP contribution in [-0.4, -0.2) is 43.4 Å². The number of hydrogen-bond acceptors (Lipinski definition) is 3. The number of hydrogen-bond donors (Lipinski definition) is 2. The molecule has 2 N–H and O–H groups in total. The highest BCUT2D eigenvalue weighted by atomic mass is 127. The van der Waals surface area contributed by atoms with Crippen molar-refractivity contribution >= 4 is 47.2 Å². The number of amides is 1. The Morgan fingerprint density at radius 1 is 1.21 bits per heavy atom. The van der Waals surface area contributed by atoms with Gasteiger partial charge in [-0.2, -0.15) is 0 Å². The summed E-state index contributed by atoms with van der Waals surface area (Å²) in [5.41, 5.74) is 5.17. The van der Waals surface area contributed by atoms with E-state index >= 15 is 0 Å². The summed E-state index contributed by atoms with van der Waals surface area (Å²) in [7, 11) is 1.73. The Labute approximate surface area is 188 Å². The standard InChI is InChI=1S/C21H28N4OS.HI/c1-15-10-16(2)12-17(11-15)4-7-23-21(22-3)24-13-20(26)25-8-5-19-18(14-25)6-9-27-19;/h6,9-12H,4-5,7-8,13-14H2,1-3H3,(H2,22,23,24);1H. The molecule has 2 aromatic rings. The zero-order valence-corrected chi connectivity index (χ0v) is 19.9. The second-order valence-corrected chi connectivity index (χ2v) is 8.03. The van der Waals surface area contributed by atoms with E-state index < -0.39 is 0 Å². The third kappa shape index (κ3) is 6.20. The van der Waals surface area contributed by atoms with Gasteiger partial charge in [0.05, 0.1) is 6.54 Å². The molecule has 3 rings (SSSR count). The first-order chi connectivity index (χ1) is 13.0. The van der Waals surface area contributed by atoms with Gasteiger partial charge in [-0.3, -0.25) is 9.79 Å². The second kappa shape index (κ2) is 10.8. The van der Waals surface area contributed by atoms with Gasteiger partial charge in [0.25, 0.3) is 0 Å². The molecule has 1 aliphatic rings. The van der Waals surface area contributed by atoms with E-state index in [0.29, 0.717) is 5.96 Å². The maximum atomic E-state index is 12.5. The SMILES string of the molecule is CN=C(NCCc1cc(C)cc(C)c1)NCC(=O)N1CCc2sccc2C1.I. The van der Waals surface area contributed by atoms with Gasteiger partial charge in [0.15, 0.2) is 5.96 Å². The molecule has 7 heteroatoms. The number of aliphatic imine (C=N–C) groups is 1. The molecule has 0 atom stereocenters. The van der Waals surface area contributed by atoms with Crippen molar-refractivity contribution in [1.82, 2.24) is 15.5 Å². The molecule has 0 aliphatic carbocycles. The Hall–Kier alpha value is -1.61. The molecule has 2 heterocycles. The van der Waals surface area contributed by atoms with Crippen molar-refractivity contribution in [2.45, 2.75) is 33.2 Å². The van der Waals surface area contributed by atoms with Crippen LogP contribution in [0.5, 0.6) is 0 Å². The lowest BCUT2D eigenvalue weighted by Gasteiger charge is -2.27. The van der Waals surface area contributed by atoms with Crippen molar-refractivity contribution in [2.24, 2.45) is 4.99 Å². The molecule has 1 aliphatic heterocycles. The number of guanidine groups is 1. The molecule has 0 unspecified atom stereocenters. The smallest absolute Gasteiger partial charge is 0.242 e. The van der Waals surface area contributed by atoms with Crippen molar-refractivity contribution in [1.29, 1.82) is 0 Å². The van der Waals surface area contributed by atoms with E-state index in [0.717, 1.165) is 32.5 Å². The van der Waals surface area contributed by atoms with Gasteiger partial charge in [-0.25, -0.2) is 0 Å². The quantitative estimate of drug-likeness (QED) is 0.368. The average Bonchev–Trinajstić information content (AvgIpc) is 3.11. The lowest BCUT2D eigenvalue weighted by Crippen LogP contribution is -2.46. The number of fused-ring (bicyclic) bond motifs is 1. The van der Waals surface area contributed by atoms with Gasteiger partial charge in [-0.1, -0.05) is 29.3 Å². The Bertz CT molecular complexity index is 813.